The van der Waals surface area contributed by atoms with E-state index in [1.54, 1.807) is 30.3 Å². The van der Waals surface area contributed by atoms with Crippen LogP contribution >= 0.6 is 0 Å². The van der Waals surface area contributed by atoms with Gasteiger partial charge in [0.25, 0.3) is 10.0 Å². The predicted octanol–water partition coefficient (Wildman–Crippen LogP) is 5.63. The fourth-order valence-electron chi connectivity index (χ4n) is 4.70. The summed E-state index contributed by atoms with van der Waals surface area (Å²) in [6.07, 6.45) is 0.772. The van der Waals surface area contributed by atoms with Gasteiger partial charge in [0.2, 0.25) is 11.8 Å². The van der Waals surface area contributed by atoms with Crippen LogP contribution in [0.2, 0.25) is 0 Å². The summed E-state index contributed by atoms with van der Waals surface area (Å²) in [6, 6.07) is 24.8. The van der Waals surface area contributed by atoms with E-state index in [0.29, 0.717) is 13.0 Å². The highest BCUT2D eigenvalue weighted by Crippen LogP contribution is 2.26. The standard InChI is InChI=1S/C34H35F2N3O4S/c1-3-21-37-34(41)32(22-26-9-5-4-6-10-26)38(23-27-11-7-8-12-31(27)36)33(40)24-39(29-17-13-25(2)14-18-29)44(42,43)30-19-15-28(35)16-20-30/h4-20,32H,3,21-24H2,1-2H3,(H,37,41)/t32-/m0/s1. The van der Waals surface area contributed by atoms with E-state index in [2.05, 4.69) is 5.32 Å². The number of nitrogens with zero attached hydrogens (tertiary/aromatic N) is 2. The van der Waals surface area contributed by atoms with Gasteiger partial charge in [0.05, 0.1) is 10.6 Å². The molecule has 230 valence electrons. The van der Waals surface area contributed by atoms with Gasteiger partial charge in [0, 0.05) is 25.1 Å². The van der Waals surface area contributed by atoms with Crippen LogP contribution in [-0.4, -0.2) is 44.3 Å². The topological polar surface area (TPSA) is 86.8 Å². The number of carbonyl (C=O) groups excluding carboxylic acids is 2. The van der Waals surface area contributed by atoms with E-state index in [4.69, 9.17) is 0 Å². The maximum atomic E-state index is 14.9. The number of sulfonamides is 1. The Balaban J connectivity index is 1.80. The van der Waals surface area contributed by atoms with Crippen LogP contribution in [0.3, 0.4) is 0 Å². The van der Waals surface area contributed by atoms with Crippen molar-refractivity contribution in [3.8, 4) is 0 Å². The highest BCUT2D eigenvalue weighted by atomic mass is 32.2. The Hall–Kier alpha value is -4.57. The van der Waals surface area contributed by atoms with Crippen LogP contribution in [0.5, 0.6) is 0 Å². The molecule has 0 saturated carbocycles. The van der Waals surface area contributed by atoms with Crippen LogP contribution in [0, 0.1) is 18.6 Å². The second kappa shape index (κ2) is 14.7. The third-order valence-electron chi connectivity index (χ3n) is 7.12. The quantitative estimate of drug-likeness (QED) is 0.210. The molecule has 0 heterocycles. The van der Waals surface area contributed by atoms with Gasteiger partial charge in [-0.3, -0.25) is 13.9 Å². The molecule has 0 bridgehead atoms. The Morgan fingerprint density at radius 1 is 0.841 bits per heavy atom. The summed E-state index contributed by atoms with van der Waals surface area (Å²) in [5.41, 5.74) is 2.01. The van der Waals surface area contributed by atoms with Crippen LogP contribution in [0.15, 0.2) is 108 Å². The maximum Gasteiger partial charge on any atom is 0.264 e. The van der Waals surface area contributed by atoms with Gasteiger partial charge in [-0.05, 0) is 61.4 Å². The molecule has 0 aliphatic rings. The lowest BCUT2D eigenvalue weighted by Gasteiger charge is -2.34. The first kappa shape index (κ1) is 32.3. The van der Waals surface area contributed by atoms with Crippen LogP contribution in [0.4, 0.5) is 14.5 Å². The number of nitrogens with one attached hydrogen (secondary N) is 1. The average Bonchev–Trinajstić information content (AvgIpc) is 3.02. The van der Waals surface area contributed by atoms with Gasteiger partial charge in [-0.2, -0.15) is 0 Å². The third-order valence-corrected chi connectivity index (χ3v) is 8.91. The van der Waals surface area contributed by atoms with Gasteiger partial charge in [-0.25, -0.2) is 17.2 Å². The molecule has 1 N–H and O–H groups in total. The Labute approximate surface area is 257 Å². The molecule has 0 saturated heterocycles. The number of aryl methyl sites for hydroxylation is 1. The zero-order valence-electron chi connectivity index (χ0n) is 24.6. The number of halogens is 2. The van der Waals surface area contributed by atoms with Gasteiger partial charge in [-0.15, -0.1) is 0 Å². The van der Waals surface area contributed by atoms with E-state index in [1.165, 1.54) is 23.1 Å². The van der Waals surface area contributed by atoms with Crippen LogP contribution < -0.4 is 9.62 Å². The zero-order chi connectivity index (χ0) is 31.7. The molecule has 2 amide bonds. The molecule has 0 radical (unpaired) electrons. The summed E-state index contributed by atoms with van der Waals surface area (Å²) >= 11 is 0. The molecule has 0 fully saturated rings. The molecule has 44 heavy (non-hydrogen) atoms. The van der Waals surface area contributed by atoms with Crippen molar-refractivity contribution in [1.82, 2.24) is 10.2 Å². The van der Waals surface area contributed by atoms with Crippen LogP contribution in [0.25, 0.3) is 0 Å². The van der Waals surface area contributed by atoms with Crippen LogP contribution in [-0.2, 0) is 32.6 Å². The number of hydrogen-bond donors (Lipinski definition) is 1. The van der Waals surface area contributed by atoms with Crippen molar-refractivity contribution in [2.24, 2.45) is 0 Å². The van der Waals surface area contributed by atoms with Gasteiger partial charge >= 0.3 is 0 Å². The SMILES string of the molecule is CCCNC(=O)[C@H](Cc1ccccc1)N(Cc1ccccc1F)C(=O)CN(c1ccc(C)cc1)S(=O)(=O)c1ccc(F)cc1. The molecule has 0 aliphatic heterocycles. The number of rotatable bonds is 13. The molecule has 1 atom stereocenters. The maximum absolute atomic E-state index is 14.9. The van der Waals surface area contributed by atoms with E-state index < -0.39 is 46.1 Å². The molecule has 10 heteroatoms. The number of amides is 2. The summed E-state index contributed by atoms with van der Waals surface area (Å²) < 4.78 is 57.4. The molecule has 0 aromatic heterocycles. The van der Waals surface area contributed by atoms with Gasteiger partial charge in [-0.1, -0.05) is 73.2 Å². The minimum absolute atomic E-state index is 0.117. The van der Waals surface area contributed by atoms with Gasteiger partial charge in [0.15, 0.2) is 0 Å². The van der Waals surface area contributed by atoms with Crippen molar-refractivity contribution in [2.75, 3.05) is 17.4 Å². The smallest absolute Gasteiger partial charge is 0.264 e. The fourth-order valence-corrected chi connectivity index (χ4v) is 6.12. The third kappa shape index (κ3) is 8.08. The van der Waals surface area contributed by atoms with Crippen molar-refractivity contribution < 1.29 is 26.8 Å². The highest BCUT2D eigenvalue weighted by Gasteiger charge is 2.35. The molecular formula is C34H35F2N3O4S. The molecular weight excluding hydrogens is 584 g/mol. The highest BCUT2D eigenvalue weighted by molar-refractivity contribution is 7.92. The minimum Gasteiger partial charge on any atom is -0.354 e. The summed E-state index contributed by atoms with van der Waals surface area (Å²) in [4.78, 5) is 28.9. The lowest BCUT2D eigenvalue weighted by molar-refractivity contribution is -0.140. The normalized spacial score (nSPS) is 11.9. The summed E-state index contributed by atoms with van der Waals surface area (Å²) in [7, 11) is -4.37. The lowest BCUT2D eigenvalue weighted by atomic mass is 10.0. The van der Waals surface area contributed by atoms with E-state index >= 15 is 0 Å². The monoisotopic (exact) mass is 619 g/mol. The first-order chi connectivity index (χ1) is 21.1. The first-order valence-electron chi connectivity index (χ1n) is 14.3. The van der Waals surface area contributed by atoms with E-state index in [0.717, 1.165) is 39.7 Å². The molecule has 0 aliphatic carbocycles. The molecule has 0 unspecified atom stereocenters. The van der Waals surface area contributed by atoms with Gasteiger partial charge < -0.3 is 10.2 Å². The summed E-state index contributed by atoms with van der Waals surface area (Å²) in [5, 5.41) is 2.85. The van der Waals surface area contributed by atoms with Crippen molar-refractivity contribution in [2.45, 2.75) is 44.2 Å². The van der Waals surface area contributed by atoms with Crippen molar-refractivity contribution in [3.63, 3.8) is 0 Å². The first-order valence-corrected chi connectivity index (χ1v) is 15.7. The second-order valence-corrected chi connectivity index (χ2v) is 12.3. The van der Waals surface area contributed by atoms with Crippen molar-refractivity contribution in [1.29, 1.82) is 0 Å². The molecule has 4 aromatic rings. The number of benzene rings is 4. The molecule has 0 spiro atoms. The van der Waals surface area contributed by atoms with Crippen molar-refractivity contribution in [3.05, 3.63) is 131 Å². The molecule has 7 nitrogen and oxygen atoms in total. The lowest BCUT2D eigenvalue weighted by Crippen LogP contribution is -2.53. The average molecular weight is 620 g/mol. The second-order valence-electron chi connectivity index (χ2n) is 10.4. The number of hydrogen-bond acceptors (Lipinski definition) is 4. The van der Waals surface area contributed by atoms with Gasteiger partial charge in [0.1, 0.15) is 24.2 Å². The Morgan fingerprint density at radius 2 is 1.48 bits per heavy atom. The summed E-state index contributed by atoms with van der Waals surface area (Å²) in [6.45, 7) is 3.13. The van der Waals surface area contributed by atoms with E-state index in [9.17, 15) is 26.8 Å². The Bertz CT molecular complexity index is 1670. The van der Waals surface area contributed by atoms with E-state index in [1.807, 2.05) is 44.2 Å². The Kier molecular flexibility index (Phi) is 10.8. The van der Waals surface area contributed by atoms with E-state index in [-0.39, 0.29) is 29.1 Å². The Morgan fingerprint density at radius 3 is 2.11 bits per heavy atom. The summed E-state index contributed by atoms with van der Waals surface area (Å²) in [5.74, 6) is -2.33. The van der Waals surface area contributed by atoms with Crippen LogP contribution in [0.1, 0.15) is 30.0 Å². The number of carbonyl (C=O) groups is 2. The predicted molar refractivity (Wildman–Crippen MR) is 166 cm³/mol. The van der Waals surface area contributed by atoms with Crippen molar-refractivity contribution >= 4 is 27.5 Å². The minimum atomic E-state index is -4.37. The zero-order valence-corrected chi connectivity index (χ0v) is 25.4. The molecule has 4 aromatic carbocycles. The fraction of sp³-hybridized carbons (Fsp3) is 0.235. The number of anilines is 1. The largest absolute Gasteiger partial charge is 0.354 e. The molecule has 4 rings (SSSR count).